The van der Waals surface area contributed by atoms with Crippen molar-refractivity contribution in [2.75, 3.05) is 0 Å². The molecule has 0 unspecified atom stereocenters. The lowest BCUT2D eigenvalue weighted by molar-refractivity contribution is 1.67. The van der Waals surface area contributed by atoms with Crippen LogP contribution in [0.4, 0.5) is 0 Å². The van der Waals surface area contributed by atoms with Crippen LogP contribution < -0.4 is 0 Å². The smallest absolute Gasteiger partial charge is 0.0434 e. The van der Waals surface area contributed by atoms with Gasteiger partial charge in [-0.05, 0) is 106 Å². The van der Waals surface area contributed by atoms with Gasteiger partial charge in [0.25, 0.3) is 0 Å². The van der Waals surface area contributed by atoms with Crippen molar-refractivity contribution in [2.45, 2.75) is 0 Å². The summed E-state index contributed by atoms with van der Waals surface area (Å²) in [5.41, 5.74) is 10.3. The molecule has 0 aliphatic rings. The molecule has 13 rings (SSSR count). The fourth-order valence-corrected chi connectivity index (χ4v) is 12.5. The molecule has 60 heavy (non-hydrogen) atoms. The highest BCUT2D eigenvalue weighted by Crippen LogP contribution is 2.51. The van der Waals surface area contributed by atoms with E-state index in [4.69, 9.17) is 0 Å². The number of benzene rings is 11. The summed E-state index contributed by atoms with van der Waals surface area (Å²) in [5.74, 6) is 0. The Hall–Kier alpha value is -7.10. The Bertz CT molecular complexity index is 3770. The molecule has 2 heteroatoms. The first-order chi connectivity index (χ1) is 29.8. The maximum Gasteiger partial charge on any atom is 0.0434 e. The van der Waals surface area contributed by atoms with Gasteiger partial charge in [0.1, 0.15) is 0 Å². The molecule has 11 aromatic carbocycles. The average Bonchev–Trinajstić information content (AvgIpc) is 3.89. The van der Waals surface area contributed by atoms with Gasteiger partial charge in [-0.2, -0.15) is 0 Å². The van der Waals surface area contributed by atoms with Crippen LogP contribution in [0.15, 0.2) is 206 Å². The fraction of sp³-hybridized carbons (Fsp3) is 0. The molecule has 278 valence electrons. The second-order valence-corrected chi connectivity index (χ2v) is 18.0. The molecular formula is C58H34S2. The number of hydrogen-bond acceptors (Lipinski definition) is 2. The quantitative estimate of drug-likeness (QED) is 0.156. The Morgan fingerprint density at radius 3 is 1.28 bits per heavy atom. The van der Waals surface area contributed by atoms with E-state index < -0.39 is 0 Å². The first-order valence-electron chi connectivity index (χ1n) is 20.6. The van der Waals surface area contributed by atoms with Gasteiger partial charge >= 0.3 is 0 Å². The van der Waals surface area contributed by atoms with E-state index >= 15 is 0 Å². The molecule has 0 saturated carbocycles. The molecule has 2 aromatic heterocycles. The molecule has 0 saturated heterocycles. The van der Waals surface area contributed by atoms with Crippen molar-refractivity contribution in [3.05, 3.63) is 206 Å². The standard InChI is InChI=1S/C58H34S2/c1-2-16-35(17-3-1)53-37-18-4-10-24-43(37)56(44-25-11-5-19-38(44)53)48-29-14-27-45-49-34-36(32-33-51(49)60-58(45)48)54-39-20-6-8-22-41(39)55(42-23-9-7-21-40(42)54)47-28-15-31-52-57(47)46-26-12-13-30-50(46)59-52/h1-34H. The second-order valence-electron chi connectivity index (χ2n) is 15.8. The first kappa shape index (κ1) is 33.8. The van der Waals surface area contributed by atoms with E-state index in [-0.39, 0.29) is 0 Å². The van der Waals surface area contributed by atoms with Crippen LogP contribution in [-0.2, 0) is 0 Å². The zero-order chi connectivity index (χ0) is 39.3. The van der Waals surface area contributed by atoms with Crippen molar-refractivity contribution in [2.24, 2.45) is 0 Å². The lowest BCUT2D eigenvalue weighted by atomic mass is 9.84. The molecule has 0 aliphatic heterocycles. The van der Waals surface area contributed by atoms with E-state index in [9.17, 15) is 0 Å². The fourth-order valence-electron chi connectivity index (χ4n) is 10.2. The van der Waals surface area contributed by atoms with Gasteiger partial charge in [0.15, 0.2) is 0 Å². The molecule has 2 heterocycles. The largest absolute Gasteiger partial charge is 0.135 e. The van der Waals surface area contributed by atoms with Crippen molar-refractivity contribution in [3.63, 3.8) is 0 Å². The molecule has 0 aliphatic carbocycles. The summed E-state index contributed by atoms with van der Waals surface area (Å²) in [5, 5.41) is 15.5. The summed E-state index contributed by atoms with van der Waals surface area (Å²) in [4.78, 5) is 0. The van der Waals surface area contributed by atoms with Gasteiger partial charge in [-0.25, -0.2) is 0 Å². The highest BCUT2D eigenvalue weighted by molar-refractivity contribution is 7.26. The third kappa shape index (κ3) is 4.90. The minimum absolute atomic E-state index is 1.24. The summed E-state index contributed by atoms with van der Waals surface area (Å²) >= 11 is 3.80. The van der Waals surface area contributed by atoms with Gasteiger partial charge in [0.05, 0.1) is 0 Å². The molecule has 0 spiro atoms. The van der Waals surface area contributed by atoms with Gasteiger partial charge < -0.3 is 0 Å². The summed E-state index contributed by atoms with van der Waals surface area (Å²) in [7, 11) is 0. The van der Waals surface area contributed by atoms with Crippen LogP contribution in [0.25, 0.3) is 128 Å². The van der Waals surface area contributed by atoms with Gasteiger partial charge in [-0.3, -0.25) is 0 Å². The number of hydrogen-bond donors (Lipinski definition) is 0. The highest BCUT2D eigenvalue weighted by Gasteiger charge is 2.22. The molecule has 0 atom stereocenters. The van der Waals surface area contributed by atoms with Crippen molar-refractivity contribution in [3.8, 4) is 44.5 Å². The Kier molecular flexibility index (Phi) is 7.45. The van der Waals surface area contributed by atoms with E-state index in [1.807, 2.05) is 22.7 Å². The predicted molar refractivity (Wildman–Crippen MR) is 264 cm³/mol. The Morgan fingerprint density at radius 2 is 0.667 bits per heavy atom. The van der Waals surface area contributed by atoms with Crippen molar-refractivity contribution in [1.29, 1.82) is 0 Å². The van der Waals surface area contributed by atoms with Gasteiger partial charge in [0, 0.05) is 45.9 Å². The maximum absolute atomic E-state index is 2.47. The van der Waals surface area contributed by atoms with Crippen LogP contribution in [0.3, 0.4) is 0 Å². The molecule has 13 aromatic rings. The average molecular weight is 795 g/mol. The van der Waals surface area contributed by atoms with Crippen LogP contribution in [0, 0.1) is 0 Å². The minimum atomic E-state index is 1.24. The lowest BCUT2D eigenvalue weighted by Crippen LogP contribution is -1.91. The maximum atomic E-state index is 2.47. The summed E-state index contributed by atoms with van der Waals surface area (Å²) in [6.07, 6.45) is 0. The Morgan fingerprint density at radius 1 is 0.233 bits per heavy atom. The van der Waals surface area contributed by atoms with Crippen LogP contribution >= 0.6 is 22.7 Å². The number of fused-ring (bicyclic) bond motifs is 10. The molecular weight excluding hydrogens is 761 g/mol. The van der Waals surface area contributed by atoms with E-state index in [1.54, 1.807) is 0 Å². The minimum Gasteiger partial charge on any atom is -0.135 e. The topological polar surface area (TPSA) is 0 Å². The van der Waals surface area contributed by atoms with Crippen LogP contribution in [0.2, 0.25) is 0 Å². The monoisotopic (exact) mass is 794 g/mol. The molecule has 0 amide bonds. The summed E-state index contributed by atoms with van der Waals surface area (Å²) in [6, 6.07) is 76.8. The van der Waals surface area contributed by atoms with Crippen molar-refractivity contribution < 1.29 is 0 Å². The molecule has 0 fully saturated rings. The van der Waals surface area contributed by atoms with Gasteiger partial charge in [0.2, 0.25) is 0 Å². The molecule has 0 N–H and O–H groups in total. The van der Waals surface area contributed by atoms with Gasteiger partial charge in [-0.15, -0.1) is 22.7 Å². The third-order valence-electron chi connectivity index (χ3n) is 12.7. The number of thiophene rings is 2. The van der Waals surface area contributed by atoms with Crippen molar-refractivity contribution in [1.82, 2.24) is 0 Å². The van der Waals surface area contributed by atoms with Crippen LogP contribution in [0.1, 0.15) is 0 Å². The summed E-state index contributed by atoms with van der Waals surface area (Å²) in [6.45, 7) is 0. The number of rotatable bonds is 4. The highest BCUT2D eigenvalue weighted by atomic mass is 32.1. The Labute approximate surface area is 354 Å². The zero-order valence-electron chi connectivity index (χ0n) is 32.4. The molecule has 0 bridgehead atoms. The van der Waals surface area contributed by atoms with Crippen LogP contribution in [-0.4, -0.2) is 0 Å². The zero-order valence-corrected chi connectivity index (χ0v) is 34.1. The molecule has 0 nitrogen and oxygen atoms in total. The van der Waals surface area contributed by atoms with Gasteiger partial charge in [-0.1, -0.05) is 182 Å². The first-order valence-corrected chi connectivity index (χ1v) is 22.2. The molecule has 0 radical (unpaired) electrons. The van der Waals surface area contributed by atoms with E-state index in [0.717, 1.165) is 0 Å². The van der Waals surface area contributed by atoms with Crippen LogP contribution in [0.5, 0.6) is 0 Å². The summed E-state index contributed by atoms with van der Waals surface area (Å²) < 4.78 is 5.29. The SMILES string of the molecule is c1ccc(-c2c3ccccc3c(-c3cccc4c3sc3ccc(-c5c6ccccc6c(-c6cccc7sc8ccccc8c67)c6ccccc56)cc34)c3ccccc23)cc1. The lowest BCUT2D eigenvalue weighted by Gasteiger charge is -2.18. The Balaban J connectivity index is 1.06. The third-order valence-corrected chi connectivity index (χ3v) is 15.0. The normalized spacial score (nSPS) is 12.0. The van der Waals surface area contributed by atoms with Crippen molar-refractivity contribution >= 4 is 106 Å². The predicted octanol–water partition coefficient (Wildman–Crippen LogP) is 17.7. The van der Waals surface area contributed by atoms with E-state index in [0.29, 0.717) is 0 Å². The van der Waals surface area contributed by atoms with E-state index in [1.165, 1.54) is 128 Å². The van der Waals surface area contributed by atoms with E-state index in [2.05, 4.69) is 206 Å². The second kappa shape index (κ2) is 13.2.